The second-order valence-corrected chi connectivity index (χ2v) is 8.36. The van der Waals surface area contributed by atoms with Crippen LogP contribution in [0.3, 0.4) is 0 Å². The van der Waals surface area contributed by atoms with E-state index in [-0.39, 0.29) is 24.4 Å². The van der Waals surface area contributed by atoms with Gasteiger partial charge in [0.1, 0.15) is 5.69 Å². The first-order valence-corrected chi connectivity index (χ1v) is 10.4. The summed E-state index contributed by atoms with van der Waals surface area (Å²) in [6, 6.07) is 18.3. The summed E-state index contributed by atoms with van der Waals surface area (Å²) in [6.07, 6.45) is 4.09. The summed E-state index contributed by atoms with van der Waals surface area (Å²) < 4.78 is 1.82. The predicted molar refractivity (Wildman–Crippen MR) is 121 cm³/mol. The molecule has 3 atom stereocenters. The van der Waals surface area contributed by atoms with Crippen LogP contribution in [-0.4, -0.2) is 39.7 Å². The molecule has 156 valence electrons. The van der Waals surface area contributed by atoms with E-state index in [2.05, 4.69) is 13.0 Å². The molecule has 2 N–H and O–H groups in total. The monoisotopic (exact) mass is 422 g/mol. The number of nitrogens with two attached hydrogens (primary N) is 1. The van der Waals surface area contributed by atoms with Crippen LogP contribution < -0.4 is 5.73 Å². The fourth-order valence-electron chi connectivity index (χ4n) is 4.92. The number of halogens is 1. The quantitative estimate of drug-likeness (QED) is 0.691. The normalized spacial score (nSPS) is 22.6. The van der Waals surface area contributed by atoms with Crippen molar-refractivity contribution in [2.45, 2.75) is 25.8 Å². The molecule has 5 nitrogen and oxygen atoms in total. The minimum absolute atomic E-state index is 0. The van der Waals surface area contributed by atoms with E-state index in [1.807, 2.05) is 64.3 Å². The number of nitrogens with zero attached hydrogens (tertiary/aromatic N) is 3. The number of carbonyl (C=O) groups excluding carboxylic acids is 1. The molecule has 2 fully saturated rings. The van der Waals surface area contributed by atoms with Gasteiger partial charge in [-0.05, 0) is 49.3 Å². The van der Waals surface area contributed by atoms with Crippen LogP contribution in [0.15, 0.2) is 60.8 Å². The molecule has 1 saturated heterocycles. The van der Waals surface area contributed by atoms with E-state index >= 15 is 0 Å². The lowest BCUT2D eigenvalue weighted by atomic mass is 9.98. The Hall–Kier alpha value is -2.63. The fourth-order valence-corrected chi connectivity index (χ4v) is 4.92. The van der Waals surface area contributed by atoms with Gasteiger partial charge in [-0.2, -0.15) is 5.10 Å². The number of carbonyl (C=O) groups is 1. The smallest absolute Gasteiger partial charge is 0.257 e. The first kappa shape index (κ1) is 20.6. The molecular weight excluding hydrogens is 396 g/mol. The van der Waals surface area contributed by atoms with Crippen LogP contribution in [0, 0.1) is 18.8 Å². The van der Waals surface area contributed by atoms with Crippen molar-refractivity contribution in [2.24, 2.45) is 17.6 Å². The van der Waals surface area contributed by atoms with Gasteiger partial charge in [-0.1, -0.05) is 42.5 Å². The summed E-state index contributed by atoms with van der Waals surface area (Å²) in [5.41, 5.74) is 10.8. The molecule has 1 aromatic heterocycles. The third kappa shape index (κ3) is 3.53. The van der Waals surface area contributed by atoms with Crippen molar-refractivity contribution in [2.75, 3.05) is 13.1 Å². The second kappa shape index (κ2) is 8.25. The number of rotatable bonds is 3. The first-order valence-electron chi connectivity index (χ1n) is 10.4. The molecule has 3 aromatic rings. The van der Waals surface area contributed by atoms with E-state index in [4.69, 9.17) is 10.8 Å². The maximum Gasteiger partial charge on any atom is 0.257 e. The van der Waals surface area contributed by atoms with Crippen LogP contribution in [0.2, 0.25) is 0 Å². The van der Waals surface area contributed by atoms with Gasteiger partial charge >= 0.3 is 0 Å². The molecule has 0 bridgehead atoms. The number of hydrogen-bond acceptors (Lipinski definition) is 3. The zero-order valence-electron chi connectivity index (χ0n) is 17.1. The van der Waals surface area contributed by atoms with Gasteiger partial charge in [-0.15, -0.1) is 12.4 Å². The molecule has 6 heteroatoms. The highest BCUT2D eigenvalue weighted by atomic mass is 35.5. The Morgan fingerprint density at radius 3 is 2.50 bits per heavy atom. The van der Waals surface area contributed by atoms with E-state index in [1.54, 1.807) is 0 Å². The number of fused-ring (bicyclic) bond motifs is 1. The molecule has 1 aliphatic carbocycles. The van der Waals surface area contributed by atoms with E-state index < -0.39 is 0 Å². The average molecular weight is 423 g/mol. The lowest BCUT2D eigenvalue weighted by Crippen LogP contribution is -2.33. The zero-order chi connectivity index (χ0) is 20.0. The molecule has 1 aliphatic heterocycles. The molecule has 2 aromatic carbocycles. The number of amides is 1. The van der Waals surface area contributed by atoms with Crippen molar-refractivity contribution in [1.82, 2.24) is 14.7 Å². The summed E-state index contributed by atoms with van der Waals surface area (Å²) in [5, 5.41) is 4.84. The highest BCUT2D eigenvalue weighted by molar-refractivity contribution is 6.00. The molecule has 2 heterocycles. The van der Waals surface area contributed by atoms with Gasteiger partial charge < -0.3 is 10.6 Å². The molecule has 30 heavy (non-hydrogen) atoms. The number of para-hydroxylation sites is 1. The van der Waals surface area contributed by atoms with Crippen LogP contribution in [0.4, 0.5) is 0 Å². The number of hydrogen-bond donors (Lipinski definition) is 1. The summed E-state index contributed by atoms with van der Waals surface area (Å²) in [7, 11) is 0. The van der Waals surface area contributed by atoms with Crippen molar-refractivity contribution >= 4 is 18.3 Å². The Labute approximate surface area is 183 Å². The van der Waals surface area contributed by atoms with E-state index in [1.165, 1.54) is 0 Å². The van der Waals surface area contributed by atoms with Crippen LogP contribution in [0.5, 0.6) is 0 Å². The van der Waals surface area contributed by atoms with E-state index in [9.17, 15) is 4.79 Å². The number of aromatic nitrogens is 2. The van der Waals surface area contributed by atoms with Gasteiger partial charge in [0.2, 0.25) is 0 Å². The highest BCUT2D eigenvalue weighted by Crippen LogP contribution is 2.38. The number of aryl methyl sites for hydroxylation is 1. The summed E-state index contributed by atoms with van der Waals surface area (Å²) >= 11 is 0. The topological polar surface area (TPSA) is 64.2 Å². The molecule has 1 amide bonds. The van der Waals surface area contributed by atoms with Gasteiger partial charge in [0.05, 0.1) is 11.3 Å². The Kier molecular flexibility index (Phi) is 5.67. The predicted octanol–water partition coefficient (Wildman–Crippen LogP) is 4.08. The lowest BCUT2D eigenvalue weighted by molar-refractivity contribution is 0.0780. The van der Waals surface area contributed by atoms with Crippen LogP contribution in [0.1, 0.15) is 28.8 Å². The van der Waals surface area contributed by atoms with Crippen LogP contribution >= 0.6 is 12.4 Å². The standard InChI is InChI=1S/C24H26N4O.ClH/c1-16-7-5-6-10-19(16)23-21(15-28(26-23)18-8-3-2-4-9-18)24(29)27-13-17-11-12-22(25)20(17)14-27;/h2-10,15,17,20,22H,11-14,25H2,1H3;1H. The minimum atomic E-state index is 0. The first-order chi connectivity index (χ1) is 14.1. The Balaban J connectivity index is 0.00000218. The number of likely N-dealkylation sites (tertiary alicyclic amines) is 1. The Morgan fingerprint density at radius 2 is 1.77 bits per heavy atom. The Bertz CT molecular complexity index is 1050. The van der Waals surface area contributed by atoms with Gasteiger partial charge in [0, 0.05) is 30.9 Å². The molecule has 0 radical (unpaired) electrons. The third-order valence-electron chi connectivity index (χ3n) is 6.57. The van der Waals surface area contributed by atoms with E-state index in [0.717, 1.165) is 48.4 Å². The van der Waals surface area contributed by atoms with Crippen LogP contribution in [0.25, 0.3) is 16.9 Å². The van der Waals surface area contributed by atoms with Gasteiger partial charge in [-0.25, -0.2) is 4.68 Å². The molecule has 5 rings (SSSR count). The van der Waals surface area contributed by atoms with Crippen molar-refractivity contribution in [3.05, 3.63) is 71.9 Å². The maximum atomic E-state index is 13.6. The van der Waals surface area contributed by atoms with Crippen molar-refractivity contribution < 1.29 is 4.79 Å². The fraction of sp³-hybridized carbons (Fsp3) is 0.333. The second-order valence-electron chi connectivity index (χ2n) is 8.36. The summed E-state index contributed by atoms with van der Waals surface area (Å²) in [6.45, 7) is 3.62. The summed E-state index contributed by atoms with van der Waals surface area (Å²) in [5.74, 6) is 1.04. The number of benzene rings is 2. The zero-order valence-corrected chi connectivity index (χ0v) is 17.9. The maximum absolute atomic E-state index is 13.6. The lowest BCUT2D eigenvalue weighted by Gasteiger charge is -2.19. The molecule has 0 spiro atoms. The van der Waals surface area contributed by atoms with Gasteiger partial charge in [0.25, 0.3) is 5.91 Å². The third-order valence-corrected chi connectivity index (χ3v) is 6.57. The summed E-state index contributed by atoms with van der Waals surface area (Å²) in [4.78, 5) is 15.6. The minimum Gasteiger partial charge on any atom is -0.338 e. The van der Waals surface area contributed by atoms with E-state index in [0.29, 0.717) is 17.4 Å². The van der Waals surface area contributed by atoms with Crippen molar-refractivity contribution in [3.63, 3.8) is 0 Å². The molecular formula is C24H27ClN4O. The SMILES string of the molecule is Cc1ccccc1-c1nn(-c2ccccc2)cc1C(=O)N1CC2CCC(N)C2C1.Cl. The van der Waals surface area contributed by atoms with Crippen molar-refractivity contribution in [1.29, 1.82) is 0 Å². The molecule has 3 unspecified atom stereocenters. The van der Waals surface area contributed by atoms with Gasteiger partial charge in [0.15, 0.2) is 0 Å². The largest absolute Gasteiger partial charge is 0.338 e. The van der Waals surface area contributed by atoms with Gasteiger partial charge in [-0.3, -0.25) is 4.79 Å². The Morgan fingerprint density at radius 1 is 1.03 bits per heavy atom. The molecule has 1 saturated carbocycles. The average Bonchev–Trinajstić information content (AvgIpc) is 3.45. The molecule has 2 aliphatic rings. The van der Waals surface area contributed by atoms with Crippen molar-refractivity contribution in [3.8, 4) is 16.9 Å². The van der Waals surface area contributed by atoms with Crippen LogP contribution in [-0.2, 0) is 0 Å². The highest BCUT2D eigenvalue weighted by Gasteiger charge is 2.43.